The standard InChI is InChI=1S/C6HF5.CH5N/c7-2-1-3(8)5(10)6(11)4(2)9;1-2/h1H;2H2,1H3. The summed E-state index contributed by atoms with van der Waals surface area (Å²) in [5.41, 5.74) is 4.50. The lowest BCUT2D eigenvalue weighted by atomic mass is 10.3. The van der Waals surface area contributed by atoms with Gasteiger partial charge in [-0.25, -0.2) is 22.0 Å². The molecule has 0 saturated carbocycles. The lowest BCUT2D eigenvalue weighted by Crippen LogP contribution is -1.98. The molecular weight excluding hydrogens is 193 g/mol. The summed E-state index contributed by atoms with van der Waals surface area (Å²) < 4.78 is 60.0. The van der Waals surface area contributed by atoms with Gasteiger partial charge in [0, 0.05) is 6.07 Å². The second kappa shape index (κ2) is 4.76. The Hall–Kier alpha value is -1.17. The van der Waals surface area contributed by atoms with Crippen LogP contribution in [-0.2, 0) is 0 Å². The SMILES string of the molecule is CN.Fc1cc(F)c(F)c(F)c1F. The van der Waals surface area contributed by atoms with Crippen molar-refractivity contribution in [2.75, 3.05) is 7.05 Å². The molecular formula is C7H6F5N. The van der Waals surface area contributed by atoms with E-state index in [4.69, 9.17) is 0 Å². The number of benzene rings is 1. The van der Waals surface area contributed by atoms with Crippen LogP contribution in [0.1, 0.15) is 0 Å². The van der Waals surface area contributed by atoms with E-state index < -0.39 is 29.1 Å². The average Bonchev–Trinajstić information content (AvgIpc) is 2.15. The molecule has 0 aliphatic heterocycles. The molecule has 0 radical (unpaired) electrons. The molecule has 0 unspecified atom stereocenters. The predicted molar refractivity (Wildman–Crippen MR) is 36.3 cm³/mol. The minimum Gasteiger partial charge on any atom is -0.333 e. The Bertz CT molecular complexity index is 273. The topological polar surface area (TPSA) is 26.0 Å². The second-order valence-corrected chi connectivity index (χ2v) is 1.78. The summed E-state index contributed by atoms with van der Waals surface area (Å²) in [4.78, 5) is 0. The molecule has 13 heavy (non-hydrogen) atoms. The van der Waals surface area contributed by atoms with Gasteiger partial charge in [-0.3, -0.25) is 0 Å². The van der Waals surface area contributed by atoms with Crippen molar-refractivity contribution in [1.82, 2.24) is 0 Å². The van der Waals surface area contributed by atoms with E-state index in [0.717, 1.165) is 0 Å². The Kier molecular flexibility index (Phi) is 4.33. The van der Waals surface area contributed by atoms with Gasteiger partial charge in [0.1, 0.15) is 0 Å². The van der Waals surface area contributed by atoms with Crippen molar-refractivity contribution < 1.29 is 22.0 Å². The van der Waals surface area contributed by atoms with Crippen LogP contribution in [0.5, 0.6) is 0 Å². The fraction of sp³-hybridized carbons (Fsp3) is 0.143. The fourth-order valence-electron chi connectivity index (χ4n) is 0.544. The van der Waals surface area contributed by atoms with Gasteiger partial charge in [-0.1, -0.05) is 0 Å². The third-order valence-electron chi connectivity index (χ3n) is 1.06. The van der Waals surface area contributed by atoms with Gasteiger partial charge in [-0.15, -0.1) is 0 Å². The van der Waals surface area contributed by atoms with Crippen LogP contribution < -0.4 is 5.73 Å². The van der Waals surface area contributed by atoms with Gasteiger partial charge >= 0.3 is 0 Å². The summed E-state index contributed by atoms with van der Waals surface area (Å²) in [6.07, 6.45) is 0. The van der Waals surface area contributed by atoms with Gasteiger partial charge in [0.05, 0.1) is 0 Å². The average molecular weight is 199 g/mol. The largest absolute Gasteiger partial charge is 0.333 e. The van der Waals surface area contributed by atoms with Crippen LogP contribution in [0, 0.1) is 29.1 Å². The number of rotatable bonds is 0. The number of nitrogens with two attached hydrogens (primary N) is 1. The maximum absolute atomic E-state index is 12.0. The Morgan fingerprint density at radius 1 is 0.769 bits per heavy atom. The van der Waals surface area contributed by atoms with Crippen molar-refractivity contribution in [3.63, 3.8) is 0 Å². The van der Waals surface area contributed by atoms with E-state index in [9.17, 15) is 22.0 Å². The molecule has 0 bridgehead atoms. The summed E-state index contributed by atoms with van der Waals surface area (Å²) >= 11 is 0. The first-order chi connectivity index (χ1) is 6.04. The van der Waals surface area contributed by atoms with Gasteiger partial charge in [0.15, 0.2) is 23.3 Å². The summed E-state index contributed by atoms with van der Waals surface area (Å²) in [5.74, 6) is -9.65. The zero-order chi connectivity index (χ0) is 10.6. The summed E-state index contributed by atoms with van der Waals surface area (Å²) in [6, 6.07) is -0.0618. The van der Waals surface area contributed by atoms with Crippen molar-refractivity contribution in [2.24, 2.45) is 5.73 Å². The summed E-state index contributed by atoms with van der Waals surface area (Å²) in [7, 11) is 1.50. The highest BCUT2D eigenvalue weighted by atomic mass is 19.2. The number of halogens is 5. The minimum absolute atomic E-state index is 0.0618. The van der Waals surface area contributed by atoms with E-state index in [1.165, 1.54) is 7.05 Å². The molecule has 0 fully saturated rings. The maximum atomic E-state index is 12.0. The van der Waals surface area contributed by atoms with Crippen LogP contribution >= 0.6 is 0 Å². The van der Waals surface area contributed by atoms with Crippen LogP contribution in [0.15, 0.2) is 6.07 Å². The van der Waals surface area contributed by atoms with Crippen molar-refractivity contribution in [3.05, 3.63) is 35.2 Å². The summed E-state index contributed by atoms with van der Waals surface area (Å²) in [5, 5.41) is 0. The maximum Gasteiger partial charge on any atom is 0.200 e. The highest BCUT2D eigenvalue weighted by Gasteiger charge is 2.18. The normalized spacial score (nSPS) is 9.15. The second-order valence-electron chi connectivity index (χ2n) is 1.78. The van der Waals surface area contributed by atoms with Crippen LogP contribution in [0.25, 0.3) is 0 Å². The number of hydrogen-bond acceptors (Lipinski definition) is 1. The molecule has 0 aliphatic rings. The van der Waals surface area contributed by atoms with E-state index in [1.807, 2.05) is 0 Å². The first-order valence-electron chi connectivity index (χ1n) is 3.10. The molecule has 6 heteroatoms. The van der Waals surface area contributed by atoms with Crippen molar-refractivity contribution in [2.45, 2.75) is 0 Å². The number of hydrogen-bond donors (Lipinski definition) is 1. The molecule has 2 N–H and O–H groups in total. The van der Waals surface area contributed by atoms with Crippen molar-refractivity contribution >= 4 is 0 Å². The quantitative estimate of drug-likeness (QED) is 0.385. The molecule has 0 aromatic heterocycles. The molecule has 0 spiro atoms. The van der Waals surface area contributed by atoms with Crippen molar-refractivity contribution in [3.8, 4) is 0 Å². The molecule has 74 valence electrons. The molecule has 0 heterocycles. The first-order valence-corrected chi connectivity index (χ1v) is 3.10. The van der Waals surface area contributed by atoms with E-state index in [-0.39, 0.29) is 6.07 Å². The minimum atomic E-state index is -2.14. The summed E-state index contributed by atoms with van der Waals surface area (Å²) in [6.45, 7) is 0. The van der Waals surface area contributed by atoms with Gasteiger partial charge in [0.2, 0.25) is 5.82 Å². The lowest BCUT2D eigenvalue weighted by molar-refractivity contribution is 0.378. The molecule has 0 amide bonds. The van der Waals surface area contributed by atoms with Gasteiger partial charge in [-0.05, 0) is 7.05 Å². The van der Waals surface area contributed by atoms with Crippen LogP contribution in [-0.4, -0.2) is 7.05 Å². The zero-order valence-corrected chi connectivity index (χ0v) is 6.54. The molecule has 0 atom stereocenters. The Labute approximate surface area is 71.0 Å². The van der Waals surface area contributed by atoms with E-state index >= 15 is 0 Å². The smallest absolute Gasteiger partial charge is 0.200 e. The Balaban J connectivity index is 0.000000671. The zero-order valence-electron chi connectivity index (χ0n) is 6.54. The molecule has 0 aliphatic carbocycles. The highest BCUT2D eigenvalue weighted by Crippen LogP contribution is 2.16. The van der Waals surface area contributed by atoms with Crippen LogP contribution in [0.2, 0.25) is 0 Å². The molecule has 1 rings (SSSR count). The van der Waals surface area contributed by atoms with E-state index in [1.54, 1.807) is 0 Å². The van der Waals surface area contributed by atoms with Gasteiger partial charge in [-0.2, -0.15) is 0 Å². The molecule has 1 nitrogen and oxygen atoms in total. The lowest BCUT2D eigenvalue weighted by Gasteiger charge is -1.96. The third-order valence-corrected chi connectivity index (χ3v) is 1.06. The Morgan fingerprint density at radius 2 is 1.08 bits per heavy atom. The van der Waals surface area contributed by atoms with Crippen LogP contribution in [0.4, 0.5) is 22.0 Å². The van der Waals surface area contributed by atoms with Crippen LogP contribution in [0.3, 0.4) is 0 Å². The predicted octanol–water partition coefficient (Wildman–Crippen LogP) is 1.96. The fourth-order valence-corrected chi connectivity index (χ4v) is 0.544. The molecule has 1 aromatic rings. The van der Waals surface area contributed by atoms with Gasteiger partial charge in [0.25, 0.3) is 0 Å². The van der Waals surface area contributed by atoms with E-state index in [0.29, 0.717) is 0 Å². The third kappa shape index (κ3) is 2.38. The highest BCUT2D eigenvalue weighted by molar-refractivity contribution is 5.12. The molecule has 0 saturated heterocycles. The monoisotopic (exact) mass is 199 g/mol. The van der Waals surface area contributed by atoms with E-state index in [2.05, 4.69) is 5.73 Å². The first kappa shape index (κ1) is 11.8. The Morgan fingerprint density at radius 3 is 1.38 bits per heavy atom. The molecule has 1 aromatic carbocycles. The van der Waals surface area contributed by atoms with Crippen molar-refractivity contribution in [1.29, 1.82) is 0 Å². The van der Waals surface area contributed by atoms with Gasteiger partial charge < -0.3 is 5.73 Å².